The Morgan fingerprint density at radius 1 is 1.29 bits per heavy atom. The van der Waals surface area contributed by atoms with E-state index in [0.717, 1.165) is 0 Å². The third-order valence-electron chi connectivity index (χ3n) is 3.38. The number of carbonyl (C=O) groups is 2. The number of ether oxygens (including phenoxy) is 1. The van der Waals surface area contributed by atoms with E-state index >= 15 is 0 Å². The third kappa shape index (κ3) is 3.09. The van der Waals surface area contributed by atoms with Crippen molar-refractivity contribution in [3.8, 4) is 5.75 Å². The third-order valence-corrected chi connectivity index (χ3v) is 3.38. The van der Waals surface area contributed by atoms with Gasteiger partial charge in [0.15, 0.2) is 0 Å². The van der Waals surface area contributed by atoms with E-state index in [1.165, 1.54) is 0 Å². The molecule has 3 N–H and O–H groups in total. The van der Waals surface area contributed by atoms with Gasteiger partial charge in [0, 0.05) is 23.5 Å². The number of nitrogens with one attached hydrogen (secondary N) is 1. The lowest BCUT2D eigenvalue weighted by Crippen LogP contribution is -2.64. The zero-order valence-electron chi connectivity index (χ0n) is 12.8. The summed E-state index contributed by atoms with van der Waals surface area (Å²) in [6.07, 6.45) is 0.0129. The molecule has 1 aliphatic heterocycles. The van der Waals surface area contributed by atoms with Crippen molar-refractivity contribution in [1.29, 1.82) is 0 Å². The maximum atomic E-state index is 12.0. The highest BCUT2D eigenvalue weighted by Crippen LogP contribution is 2.32. The summed E-state index contributed by atoms with van der Waals surface area (Å²) in [6, 6.07) is 5.26. The van der Waals surface area contributed by atoms with Crippen LogP contribution in [0.5, 0.6) is 5.75 Å². The van der Waals surface area contributed by atoms with Gasteiger partial charge in [0.25, 0.3) is 5.91 Å². The quantitative estimate of drug-likeness (QED) is 0.647. The molecule has 2 amide bonds. The summed E-state index contributed by atoms with van der Waals surface area (Å²) in [6.45, 7) is 7.47. The van der Waals surface area contributed by atoms with Crippen molar-refractivity contribution in [2.75, 3.05) is 17.2 Å². The minimum absolute atomic E-state index is 0.0129. The van der Waals surface area contributed by atoms with Crippen molar-refractivity contribution in [3.63, 3.8) is 0 Å². The zero-order valence-corrected chi connectivity index (χ0v) is 12.8. The van der Waals surface area contributed by atoms with Gasteiger partial charge in [-0.1, -0.05) is 0 Å². The fourth-order valence-electron chi connectivity index (χ4n) is 2.30. The Labute approximate surface area is 124 Å². The van der Waals surface area contributed by atoms with Gasteiger partial charge in [-0.2, -0.15) is 0 Å². The van der Waals surface area contributed by atoms with Gasteiger partial charge in [-0.3, -0.25) is 14.9 Å². The Morgan fingerprint density at radius 3 is 2.57 bits per heavy atom. The molecule has 1 heterocycles. The Balaban J connectivity index is 2.41. The van der Waals surface area contributed by atoms with Crippen molar-refractivity contribution >= 4 is 23.2 Å². The van der Waals surface area contributed by atoms with Crippen LogP contribution in [0.4, 0.5) is 11.4 Å². The molecule has 0 spiro atoms. The number of hydrogen-bond donors (Lipinski definition) is 2. The van der Waals surface area contributed by atoms with Crippen LogP contribution in [-0.2, 0) is 9.59 Å². The van der Waals surface area contributed by atoms with E-state index in [-0.39, 0.29) is 24.5 Å². The van der Waals surface area contributed by atoms with E-state index in [1.54, 1.807) is 36.9 Å². The summed E-state index contributed by atoms with van der Waals surface area (Å²) in [5, 5.41) is 2.35. The molecular formula is C15H21N3O3. The fourth-order valence-corrected chi connectivity index (χ4v) is 2.30. The molecule has 0 aromatic heterocycles. The van der Waals surface area contributed by atoms with Gasteiger partial charge in [-0.05, 0) is 33.8 Å². The maximum absolute atomic E-state index is 12.0. The first kappa shape index (κ1) is 15.2. The van der Waals surface area contributed by atoms with E-state index in [1.807, 2.05) is 13.8 Å². The maximum Gasteiger partial charge on any atom is 0.251 e. The summed E-state index contributed by atoms with van der Waals surface area (Å²) >= 11 is 0. The fraction of sp³-hybridized carbons (Fsp3) is 0.467. The van der Waals surface area contributed by atoms with Crippen molar-refractivity contribution in [2.24, 2.45) is 0 Å². The van der Waals surface area contributed by atoms with Crippen molar-refractivity contribution in [1.82, 2.24) is 5.32 Å². The molecule has 0 aliphatic carbocycles. The molecule has 1 aliphatic rings. The van der Waals surface area contributed by atoms with Crippen LogP contribution >= 0.6 is 0 Å². The van der Waals surface area contributed by atoms with Crippen molar-refractivity contribution in [3.05, 3.63) is 18.2 Å². The molecule has 0 bridgehead atoms. The summed E-state index contributed by atoms with van der Waals surface area (Å²) in [5.74, 6) is -0.0326. The summed E-state index contributed by atoms with van der Waals surface area (Å²) < 4.78 is 5.66. The van der Waals surface area contributed by atoms with E-state index in [9.17, 15) is 9.59 Å². The SMILES string of the molecule is CC(C)Oc1cc(N)cc(N2CC(=O)NC(=O)C2(C)C)c1. The lowest BCUT2D eigenvalue weighted by molar-refractivity contribution is -0.135. The minimum atomic E-state index is -0.837. The van der Waals surface area contributed by atoms with Gasteiger partial charge >= 0.3 is 0 Å². The molecule has 0 radical (unpaired) electrons. The lowest BCUT2D eigenvalue weighted by atomic mass is 9.97. The predicted octanol–water partition coefficient (Wildman–Crippen LogP) is 1.30. The second-order valence-corrected chi connectivity index (χ2v) is 5.95. The average Bonchev–Trinajstić information content (AvgIpc) is 2.32. The summed E-state index contributed by atoms with van der Waals surface area (Å²) in [4.78, 5) is 25.4. The molecule has 2 rings (SSSR count). The number of nitrogens with two attached hydrogens (primary N) is 1. The zero-order chi connectivity index (χ0) is 15.8. The van der Waals surface area contributed by atoms with Gasteiger partial charge < -0.3 is 15.4 Å². The van der Waals surface area contributed by atoms with Crippen LogP contribution in [-0.4, -0.2) is 30.0 Å². The van der Waals surface area contributed by atoms with Gasteiger partial charge in [0.2, 0.25) is 5.91 Å². The molecule has 0 saturated carbocycles. The second kappa shape index (κ2) is 5.27. The van der Waals surface area contributed by atoms with Crippen molar-refractivity contribution in [2.45, 2.75) is 39.3 Å². The van der Waals surface area contributed by atoms with E-state index in [2.05, 4.69) is 5.32 Å². The topological polar surface area (TPSA) is 84.7 Å². The molecule has 6 heteroatoms. The average molecular weight is 291 g/mol. The Bertz CT molecular complexity index is 582. The molecular weight excluding hydrogens is 270 g/mol. The first-order valence-electron chi connectivity index (χ1n) is 6.89. The largest absolute Gasteiger partial charge is 0.491 e. The number of amides is 2. The summed E-state index contributed by atoms with van der Waals surface area (Å²) in [7, 11) is 0. The highest BCUT2D eigenvalue weighted by atomic mass is 16.5. The second-order valence-electron chi connectivity index (χ2n) is 5.95. The highest BCUT2D eigenvalue weighted by Gasteiger charge is 2.41. The smallest absolute Gasteiger partial charge is 0.251 e. The summed E-state index contributed by atoms with van der Waals surface area (Å²) in [5.41, 5.74) is 6.29. The molecule has 1 fully saturated rings. The number of benzene rings is 1. The molecule has 21 heavy (non-hydrogen) atoms. The molecule has 1 aromatic rings. The van der Waals surface area contributed by atoms with E-state index in [0.29, 0.717) is 17.1 Å². The Kier molecular flexibility index (Phi) is 3.80. The van der Waals surface area contributed by atoms with E-state index < -0.39 is 5.54 Å². The number of nitrogens with zero attached hydrogens (tertiary/aromatic N) is 1. The number of rotatable bonds is 3. The first-order chi connectivity index (χ1) is 9.70. The normalized spacial score (nSPS) is 17.9. The van der Waals surface area contributed by atoms with Gasteiger partial charge in [-0.25, -0.2) is 0 Å². The monoisotopic (exact) mass is 291 g/mol. The molecule has 6 nitrogen and oxygen atoms in total. The first-order valence-corrected chi connectivity index (χ1v) is 6.89. The standard InChI is InChI=1S/C15H21N3O3/c1-9(2)21-12-6-10(16)5-11(7-12)18-8-13(19)17-14(20)15(18,3)4/h5-7,9H,8,16H2,1-4H3,(H,17,19,20). The van der Waals surface area contributed by atoms with Crippen molar-refractivity contribution < 1.29 is 14.3 Å². The molecule has 0 unspecified atom stereocenters. The number of carbonyl (C=O) groups excluding carboxylic acids is 2. The number of nitrogen functional groups attached to an aromatic ring is 1. The Morgan fingerprint density at radius 2 is 1.95 bits per heavy atom. The van der Waals surface area contributed by atoms with Crippen LogP contribution in [0.2, 0.25) is 0 Å². The number of imide groups is 1. The molecule has 114 valence electrons. The molecule has 1 aromatic carbocycles. The van der Waals surface area contributed by atoms with Gasteiger partial charge in [0.1, 0.15) is 11.3 Å². The van der Waals surface area contributed by atoms with E-state index in [4.69, 9.17) is 10.5 Å². The van der Waals surface area contributed by atoms with Crippen LogP contribution < -0.4 is 20.7 Å². The number of anilines is 2. The molecule has 0 atom stereocenters. The van der Waals surface area contributed by atoms with Crippen LogP contribution in [0.15, 0.2) is 18.2 Å². The molecule has 1 saturated heterocycles. The number of piperazine rings is 1. The lowest BCUT2D eigenvalue weighted by Gasteiger charge is -2.42. The van der Waals surface area contributed by atoms with Crippen LogP contribution in [0.3, 0.4) is 0 Å². The predicted molar refractivity (Wildman–Crippen MR) is 81.2 cm³/mol. The minimum Gasteiger partial charge on any atom is -0.491 e. The number of hydrogen-bond acceptors (Lipinski definition) is 5. The van der Waals surface area contributed by atoms with Crippen LogP contribution in [0, 0.1) is 0 Å². The van der Waals surface area contributed by atoms with Gasteiger partial charge in [-0.15, -0.1) is 0 Å². The van der Waals surface area contributed by atoms with Crippen LogP contribution in [0.25, 0.3) is 0 Å². The van der Waals surface area contributed by atoms with Crippen LogP contribution in [0.1, 0.15) is 27.7 Å². The van der Waals surface area contributed by atoms with Gasteiger partial charge in [0.05, 0.1) is 12.6 Å². The Hall–Kier alpha value is -2.24. The highest BCUT2D eigenvalue weighted by molar-refractivity contribution is 6.06.